The van der Waals surface area contributed by atoms with Crippen molar-refractivity contribution in [2.75, 3.05) is 0 Å². The molecular formula is C22H13NO5. The predicted molar refractivity (Wildman–Crippen MR) is 99.1 cm³/mol. The molecule has 28 heavy (non-hydrogen) atoms. The summed E-state index contributed by atoms with van der Waals surface area (Å²) in [4.78, 5) is 51.9. The number of amides is 2. The maximum atomic E-state index is 13.2. The molecule has 6 heteroatoms. The second-order valence-corrected chi connectivity index (χ2v) is 6.82. The highest BCUT2D eigenvalue weighted by molar-refractivity contribution is 6.31. The highest BCUT2D eigenvalue weighted by atomic mass is 16.6. The van der Waals surface area contributed by atoms with Crippen LogP contribution in [0.25, 0.3) is 10.8 Å². The average molecular weight is 371 g/mol. The van der Waals surface area contributed by atoms with Crippen molar-refractivity contribution < 1.29 is 23.9 Å². The number of nitrogens with zero attached hydrogens (tertiary/aromatic N) is 1. The van der Waals surface area contributed by atoms with E-state index in [1.54, 1.807) is 6.92 Å². The van der Waals surface area contributed by atoms with Gasteiger partial charge in [-0.1, -0.05) is 30.3 Å². The second-order valence-electron chi connectivity index (χ2n) is 6.82. The first-order valence-corrected chi connectivity index (χ1v) is 8.78. The summed E-state index contributed by atoms with van der Waals surface area (Å²) < 4.78 is 4.75. The molecule has 1 atom stereocenters. The molecule has 0 aromatic heterocycles. The fourth-order valence-corrected chi connectivity index (χ4v) is 3.97. The fourth-order valence-electron chi connectivity index (χ4n) is 3.97. The van der Waals surface area contributed by atoms with Gasteiger partial charge < -0.3 is 4.74 Å². The molecule has 1 unspecified atom stereocenters. The molecule has 0 bridgehead atoms. The summed E-state index contributed by atoms with van der Waals surface area (Å²) in [5.74, 6) is -2.46. The molecule has 0 saturated carbocycles. The summed E-state index contributed by atoms with van der Waals surface area (Å²) >= 11 is 0. The molecule has 2 aliphatic heterocycles. The Morgan fingerprint density at radius 2 is 1.14 bits per heavy atom. The molecule has 0 N–H and O–H groups in total. The van der Waals surface area contributed by atoms with Gasteiger partial charge in [0.05, 0.1) is 17.2 Å². The third-order valence-corrected chi connectivity index (χ3v) is 5.35. The van der Waals surface area contributed by atoms with E-state index in [2.05, 4.69) is 0 Å². The van der Waals surface area contributed by atoms with Gasteiger partial charge >= 0.3 is 11.9 Å². The molecule has 2 aliphatic rings. The van der Waals surface area contributed by atoms with Crippen LogP contribution in [0.5, 0.6) is 0 Å². The monoisotopic (exact) mass is 371 g/mol. The smallest absolute Gasteiger partial charge is 0.346 e. The van der Waals surface area contributed by atoms with Gasteiger partial charge in [0, 0.05) is 21.9 Å². The molecule has 6 nitrogen and oxygen atoms in total. The number of benzene rings is 3. The van der Waals surface area contributed by atoms with Gasteiger partial charge in [0.1, 0.15) is 0 Å². The van der Waals surface area contributed by atoms with Crippen LogP contribution in [0.4, 0.5) is 0 Å². The van der Waals surface area contributed by atoms with Crippen molar-refractivity contribution in [3.63, 3.8) is 0 Å². The topological polar surface area (TPSA) is 80.8 Å². The summed E-state index contributed by atoms with van der Waals surface area (Å²) in [6.07, 6.45) is 0. The lowest BCUT2D eigenvalue weighted by molar-refractivity contribution is 0.0388. The number of cyclic esters (lactones) is 2. The van der Waals surface area contributed by atoms with Crippen molar-refractivity contribution in [3.8, 4) is 0 Å². The Morgan fingerprint density at radius 3 is 1.68 bits per heavy atom. The van der Waals surface area contributed by atoms with Crippen molar-refractivity contribution in [1.29, 1.82) is 0 Å². The molecule has 5 rings (SSSR count). The molecule has 136 valence electrons. The van der Waals surface area contributed by atoms with Crippen molar-refractivity contribution in [2.24, 2.45) is 0 Å². The van der Waals surface area contributed by atoms with Gasteiger partial charge in [-0.05, 0) is 36.8 Å². The van der Waals surface area contributed by atoms with E-state index >= 15 is 0 Å². The highest BCUT2D eigenvalue weighted by Crippen LogP contribution is 2.39. The first-order valence-electron chi connectivity index (χ1n) is 8.78. The number of rotatable bonds is 2. The van der Waals surface area contributed by atoms with Crippen molar-refractivity contribution >= 4 is 34.5 Å². The first-order chi connectivity index (χ1) is 13.5. The molecule has 2 heterocycles. The van der Waals surface area contributed by atoms with Crippen molar-refractivity contribution in [2.45, 2.75) is 13.0 Å². The average Bonchev–Trinajstić information content (AvgIpc) is 2.71. The van der Waals surface area contributed by atoms with Gasteiger partial charge in [0.2, 0.25) is 0 Å². The number of hydrogen-bond donors (Lipinski definition) is 0. The molecule has 3 aromatic rings. The van der Waals surface area contributed by atoms with Gasteiger partial charge in [-0.25, -0.2) is 9.59 Å². The van der Waals surface area contributed by atoms with Gasteiger partial charge in [-0.3, -0.25) is 14.5 Å². The minimum absolute atomic E-state index is 0.181. The number of imide groups is 1. The quantitative estimate of drug-likeness (QED) is 0.391. The standard InChI is InChI=1S/C22H13NO5/c1-11(12-5-3-2-4-6-12)23-19(24)13-7-9-15-18-16(22(27)28-21(15)26)10-8-14(17(13)18)20(23)25/h2-11H,1H3. The Kier molecular flexibility index (Phi) is 3.27. The van der Waals surface area contributed by atoms with E-state index in [0.717, 1.165) is 5.56 Å². The number of ether oxygens (including phenoxy) is 1. The predicted octanol–water partition coefficient (Wildman–Crippen LogP) is 3.51. The van der Waals surface area contributed by atoms with Crippen LogP contribution in [-0.4, -0.2) is 28.7 Å². The Bertz CT molecular complexity index is 1160. The van der Waals surface area contributed by atoms with E-state index in [0.29, 0.717) is 21.9 Å². The number of carbonyl (C=O) groups excluding carboxylic acids is 4. The maximum absolute atomic E-state index is 13.2. The molecule has 0 radical (unpaired) electrons. The molecular weight excluding hydrogens is 358 g/mol. The summed E-state index contributed by atoms with van der Waals surface area (Å²) in [5.41, 5.74) is 1.78. The maximum Gasteiger partial charge on any atom is 0.346 e. The van der Waals surface area contributed by atoms with Gasteiger partial charge in [0.25, 0.3) is 11.8 Å². The first kappa shape index (κ1) is 16.4. The van der Waals surface area contributed by atoms with Gasteiger partial charge in [-0.15, -0.1) is 0 Å². The Morgan fingerprint density at radius 1 is 0.679 bits per heavy atom. The third kappa shape index (κ3) is 2.02. The minimum Gasteiger partial charge on any atom is -0.386 e. The summed E-state index contributed by atoms with van der Waals surface area (Å²) in [7, 11) is 0. The van der Waals surface area contributed by atoms with Crippen LogP contribution in [0.15, 0.2) is 54.6 Å². The molecule has 0 fully saturated rings. The van der Waals surface area contributed by atoms with Gasteiger partial charge in [0.15, 0.2) is 0 Å². The van der Waals surface area contributed by atoms with Crippen LogP contribution in [0.1, 0.15) is 60.0 Å². The SMILES string of the molecule is CC(c1ccccc1)N1C(=O)c2ccc3c4c(ccc(c24)C1=O)C(=O)OC3=O. The zero-order chi connectivity index (χ0) is 19.6. The van der Waals surface area contributed by atoms with Gasteiger partial charge in [-0.2, -0.15) is 0 Å². The summed E-state index contributed by atoms with van der Waals surface area (Å²) in [6, 6.07) is 14.8. The molecule has 0 saturated heterocycles. The Labute approximate surface area is 159 Å². The lowest BCUT2D eigenvalue weighted by atomic mass is 9.87. The van der Waals surface area contributed by atoms with Crippen molar-refractivity contribution in [1.82, 2.24) is 4.90 Å². The zero-order valence-electron chi connectivity index (χ0n) is 14.8. The minimum atomic E-state index is -0.777. The highest BCUT2D eigenvalue weighted by Gasteiger charge is 2.39. The van der Waals surface area contributed by atoms with Crippen LogP contribution in [0, 0.1) is 0 Å². The van der Waals surface area contributed by atoms with Crippen LogP contribution >= 0.6 is 0 Å². The largest absolute Gasteiger partial charge is 0.386 e. The number of esters is 2. The number of carbonyl (C=O) groups is 4. The van der Waals surface area contributed by atoms with E-state index in [1.807, 2.05) is 30.3 Å². The Balaban J connectivity index is 1.76. The zero-order valence-corrected chi connectivity index (χ0v) is 14.8. The van der Waals surface area contributed by atoms with Crippen LogP contribution in [-0.2, 0) is 4.74 Å². The second kappa shape index (κ2) is 5.60. The molecule has 2 amide bonds. The van der Waals surface area contributed by atoms with Crippen LogP contribution in [0.3, 0.4) is 0 Å². The van der Waals surface area contributed by atoms with E-state index in [4.69, 9.17) is 4.74 Å². The number of hydrogen-bond acceptors (Lipinski definition) is 5. The fraction of sp³-hybridized carbons (Fsp3) is 0.0909. The Hall–Kier alpha value is -3.80. The van der Waals surface area contributed by atoms with E-state index < -0.39 is 29.8 Å². The van der Waals surface area contributed by atoms with E-state index in [9.17, 15) is 19.2 Å². The third-order valence-electron chi connectivity index (χ3n) is 5.35. The summed E-state index contributed by atoms with van der Waals surface area (Å²) in [6.45, 7) is 1.79. The molecule has 0 aliphatic carbocycles. The van der Waals surface area contributed by atoms with Crippen molar-refractivity contribution in [3.05, 3.63) is 82.4 Å². The molecule has 3 aromatic carbocycles. The molecule has 0 spiro atoms. The van der Waals surface area contributed by atoms with E-state index in [1.165, 1.54) is 29.2 Å². The van der Waals surface area contributed by atoms with E-state index in [-0.39, 0.29) is 11.1 Å². The van der Waals surface area contributed by atoms with Crippen LogP contribution in [0.2, 0.25) is 0 Å². The normalized spacial score (nSPS) is 16.4. The van der Waals surface area contributed by atoms with Crippen LogP contribution < -0.4 is 0 Å². The lowest BCUT2D eigenvalue weighted by Crippen LogP contribution is -2.42. The summed E-state index contributed by atoms with van der Waals surface area (Å²) in [5, 5.41) is 0.650. The lowest BCUT2D eigenvalue weighted by Gasteiger charge is -2.33.